The van der Waals surface area contributed by atoms with Gasteiger partial charge in [0.15, 0.2) is 0 Å². The van der Waals surface area contributed by atoms with Crippen molar-refractivity contribution < 1.29 is 14.3 Å². The minimum Gasteiger partial charge on any atom is -0.475 e. The van der Waals surface area contributed by atoms with Gasteiger partial charge in [0, 0.05) is 5.39 Å². The summed E-state index contributed by atoms with van der Waals surface area (Å²) in [6, 6.07) is 7.09. The SMILES string of the molecule is CC.Cc1ccc2oc(C(=O)O)cc2c1. The molecular weight excluding hydrogens is 192 g/mol. The van der Waals surface area contributed by atoms with Crippen molar-refractivity contribution in [3.63, 3.8) is 0 Å². The minimum absolute atomic E-state index is 0.0133. The third-order valence-electron chi connectivity index (χ3n) is 1.88. The largest absolute Gasteiger partial charge is 0.475 e. The molecule has 0 saturated carbocycles. The van der Waals surface area contributed by atoms with E-state index in [1.165, 1.54) is 6.07 Å². The summed E-state index contributed by atoms with van der Waals surface area (Å²) in [6.07, 6.45) is 0. The molecule has 3 nitrogen and oxygen atoms in total. The molecule has 0 amide bonds. The second kappa shape index (κ2) is 4.64. The van der Waals surface area contributed by atoms with Gasteiger partial charge in [0.2, 0.25) is 5.76 Å². The van der Waals surface area contributed by atoms with Crippen molar-refractivity contribution in [3.8, 4) is 0 Å². The first-order valence-corrected chi connectivity index (χ1v) is 4.90. The van der Waals surface area contributed by atoms with E-state index in [0.29, 0.717) is 5.58 Å². The summed E-state index contributed by atoms with van der Waals surface area (Å²) in [5.41, 5.74) is 1.70. The lowest BCUT2D eigenvalue weighted by atomic mass is 10.2. The highest BCUT2D eigenvalue weighted by molar-refractivity contribution is 5.91. The standard InChI is InChI=1S/C10H8O3.C2H6/c1-6-2-3-8-7(4-6)5-9(13-8)10(11)12;1-2/h2-5H,1H3,(H,11,12);1-2H3. The van der Waals surface area contributed by atoms with Crippen LogP contribution in [0.25, 0.3) is 11.0 Å². The van der Waals surface area contributed by atoms with Crippen LogP contribution in [0.2, 0.25) is 0 Å². The monoisotopic (exact) mass is 206 g/mol. The summed E-state index contributed by atoms with van der Waals surface area (Å²) >= 11 is 0. The Morgan fingerprint density at radius 1 is 1.27 bits per heavy atom. The molecule has 2 aromatic rings. The van der Waals surface area contributed by atoms with Crippen molar-refractivity contribution in [2.75, 3.05) is 0 Å². The molecular formula is C12H14O3. The van der Waals surface area contributed by atoms with Crippen molar-refractivity contribution in [1.82, 2.24) is 0 Å². The van der Waals surface area contributed by atoms with Gasteiger partial charge in [-0.05, 0) is 25.1 Å². The summed E-state index contributed by atoms with van der Waals surface area (Å²) in [6.45, 7) is 5.95. The summed E-state index contributed by atoms with van der Waals surface area (Å²) in [7, 11) is 0. The molecule has 1 aromatic heterocycles. The lowest BCUT2D eigenvalue weighted by Gasteiger charge is -1.89. The van der Waals surface area contributed by atoms with E-state index in [1.807, 2.05) is 32.9 Å². The molecule has 2 rings (SSSR count). The van der Waals surface area contributed by atoms with Crippen LogP contribution in [-0.4, -0.2) is 11.1 Å². The average molecular weight is 206 g/mol. The van der Waals surface area contributed by atoms with Gasteiger partial charge in [-0.2, -0.15) is 0 Å². The van der Waals surface area contributed by atoms with Gasteiger partial charge < -0.3 is 9.52 Å². The van der Waals surface area contributed by atoms with Crippen LogP contribution in [0.5, 0.6) is 0 Å². The molecule has 0 aliphatic rings. The van der Waals surface area contributed by atoms with Crippen LogP contribution in [0.3, 0.4) is 0 Å². The molecule has 0 aliphatic carbocycles. The molecule has 0 spiro atoms. The van der Waals surface area contributed by atoms with Crippen molar-refractivity contribution in [2.45, 2.75) is 20.8 Å². The average Bonchev–Trinajstić information content (AvgIpc) is 2.63. The van der Waals surface area contributed by atoms with Gasteiger partial charge >= 0.3 is 5.97 Å². The lowest BCUT2D eigenvalue weighted by molar-refractivity contribution is 0.0665. The number of furan rings is 1. The Morgan fingerprint density at radius 3 is 2.53 bits per heavy atom. The Balaban J connectivity index is 0.000000531. The molecule has 0 unspecified atom stereocenters. The van der Waals surface area contributed by atoms with Crippen molar-refractivity contribution in [1.29, 1.82) is 0 Å². The van der Waals surface area contributed by atoms with E-state index in [0.717, 1.165) is 10.9 Å². The topological polar surface area (TPSA) is 50.4 Å². The van der Waals surface area contributed by atoms with Crippen LogP contribution in [-0.2, 0) is 0 Å². The van der Waals surface area contributed by atoms with Gasteiger partial charge in [-0.3, -0.25) is 0 Å². The summed E-state index contributed by atoms with van der Waals surface area (Å²) < 4.78 is 5.08. The van der Waals surface area contributed by atoms with Gasteiger partial charge in [-0.1, -0.05) is 25.5 Å². The fourth-order valence-electron chi connectivity index (χ4n) is 1.27. The molecule has 80 valence electrons. The predicted molar refractivity (Wildman–Crippen MR) is 59.3 cm³/mol. The van der Waals surface area contributed by atoms with Crippen molar-refractivity contribution in [3.05, 3.63) is 35.6 Å². The fourth-order valence-corrected chi connectivity index (χ4v) is 1.27. The van der Waals surface area contributed by atoms with Crippen LogP contribution in [0.1, 0.15) is 30.0 Å². The fraction of sp³-hybridized carbons (Fsp3) is 0.250. The van der Waals surface area contributed by atoms with E-state index in [4.69, 9.17) is 9.52 Å². The zero-order valence-corrected chi connectivity index (χ0v) is 9.07. The third kappa shape index (κ3) is 2.37. The van der Waals surface area contributed by atoms with Crippen LogP contribution < -0.4 is 0 Å². The number of hydrogen-bond acceptors (Lipinski definition) is 2. The first kappa shape index (κ1) is 11.3. The highest BCUT2D eigenvalue weighted by atomic mass is 16.4. The van der Waals surface area contributed by atoms with E-state index in [-0.39, 0.29) is 5.76 Å². The van der Waals surface area contributed by atoms with Crippen molar-refractivity contribution >= 4 is 16.9 Å². The summed E-state index contributed by atoms with van der Waals surface area (Å²) in [4.78, 5) is 10.6. The van der Waals surface area contributed by atoms with E-state index < -0.39 is 5.97 Å². The maximum absolute atomic E-state index is 10.6. The Bertz CT molecular complexity index is 469. The number of hydrogen-bond donors (Lipinski definition) is 1. The van der Waals surface area contributed by atoms with Crippen LogP contribution in [0.15, 0.2) is 28.7 Å². The number of rotatable bonds is 1. The molecule has 0 atom stereocenters. The van der Waals surface area contributed by atoms with Crippen molar-refractivity contribution in [2.24, 2.45) is 0 Å². The van der Waals surface area contributed by atoms with Gasteiger partial charge in [-0.15, -0.1) is 0 Å². The molecule has 0 bridgehead atoms. The Hall–Kier alpha value is -1.77. The highest BCUT2D eigenvalue weighted by Gasteiger charge is 2.09. The lowest BCUT2D eigenvalue weighted by Crippen LogP contribution is -1.91. The quantitative estimate of drug-likeness (QED) is 0.777. The molecule has 15 heavy (non-hydrogen) atoms. The summed E-state index contributed by atoms with van der Waals surface area (Å²) in [5, 5.41) is 9.49. The molecule has 1 aromatic carbocycles. The van der Waals surface area contributed by atoms with Crippen LogP contribution in [0, 0.1) is 6.92 Å². The Labute approximate surface area is 88.3 Å². The number of carboxylic acid groups (broad SMARTS) is 1. The number of carboxylic acids is 1. The zero-order chi connectivity index (χ0) is 11.4. The third-order valence-corrected chi connectivity index (χ3v) is 1.88. The molecule has 3 heteroatoms. The number of fused-ring (bicyclic) bond motifs is 1. The maximum atomic E-state index is 10.6. The number of aromatic carboxylic acids is 1. The van der Waals surface area contributed by atoms with E-state index in [9.17, 15) is 4.79 Å². The Morgan fingerprint density at radius 2 is 1.93 bits per heavy atom. The first-order valence-electron chi connectivity index (χ1n) is 4.90. The first-order chi connectivity index (χ1) is 7.16. The van der Waals surface area contributed by atoms with E-state index >= 15 is 0 Å². The minimum atomic E-state index is -1.03. The predicted octanol–water partition coefficient (Wildman–Crippen LogP) is 3.47. The van der Waals surface area contributed by atoms with Crippen LogP contribution in [0.4, 0.5) is 0 Å². The van der Waals surface area contributed by atoms with E-state index in [2.05, 4.69) is 0 Å². The molecule has 0 radical (unpaired) electrons. The molecule has 0 fully saturated rings. The maximum Gasteiger partial charge on any atom is 0.371 e. The van der Waals surface area contributed by atoms with Gasteiger partial charge in [0.1, 0.15) is 5.58 Å². The zero-order valence-electron chi connectivity index (χ0n) is 9.07. The smallest absolute Gasteiger partial charge is 0.371 e. The molecule has 0 saturated heterocycles. The number of carbonyl (C=O) groups is 1. The normalized spacial score (nSPS) is 9.53. The molecule has 0 aliphatic heterocycles. The van der Waals surface area contributed by atoms with Gasteiger partial charge in [0.25, 0.3) is 0 Å². The summed E-state index contributed by atoms with van der Waals surface area (Å²) in [5.74, 6) is -1.05. The number of aryl methyl sites for hydroxylation is 1. The van der Waals surface area contributed by atoms with Crippen LogP contribution >= 0.6 is 0 Å². The second-order valence-electron chi connectivity index (χ2n) is 2.96. The highest BCUT2D eigenvalue weighted by Crippen LogP contribution is 2.20. The second-order valence-corrected chi connectivity index (χ2v) is 2.96. The molecule has 1 heterocycles. The number of benzene rings is 1. The van der Waals surface area contributed by atoms with Gasteiger partial charge in [-0.25, -0.2) is 4.79 Å². The van der Waals surface area contributed by atoms with Gasteiger partial charge in [0.05, 0.1) is 0 Å². The van der Waals surface area contributed by atoms with E-state index in [1.54, 1.807) is 6.07 Å². The molecule has 1 N–H and O–H groups in total. The Kier molecular flexibility index (Phi) is 3.50.